The fourth-order valence-corrected chi connectivity index (χ4v) is 7.73. The Morgan fingerprint density at radius 1 is 0.795 bits per heavy atom. The molecule has 1 aliphatic carbocycles. The van der Waals surface area contributed by atoms with Gasteiger partial charge in [0.05, 0.1) is 16.7 Å². The van der Waals surface area contributed by atoms with Crippen molar-refractivity contribution >= 4 is 58.9 Å². The summed E-state index contributed by atoms with van der Waals surface area (Å²) in [5, 5.41) is 5.31. The van der Waals surface area contributed by atoms with Crippen molar-refractivity contribution in [1.82, 2.24) is 9.55 Å². The molecule has 0 amide bonds. The molecule has 3 heteroatoms. The Bertz CT molecular complexity index is 2340. The van der Waals surface area contributed by atoms with Crippen LogP contribution in [0.5, 0.6) is 0 Å². The van der Waals surface area contributed by atoms with Crippen molar-refractivity contribution in [3.05, 3.63) is 151 Å². The highest BCUT2D eigenvalue weighted by Gasteiger charge is 2.19. The van der Waals surface area contributed by atoms with Gasteiger partial charge in [-0.2, -0.15) is 0 Å². The molecular formula is C41H32N2S. The summed E-state index contributed by atoms with van der Waals surface area (Å²) in [6, 6.07) is 35.8. The highest BCUT2D eigenvalue weighted by Crippen LogP contribution is 2.43. The van der Waals surface area contributed by atoms with Crippen molar-refractivity contribution in [2.45, 2.75) is 26.2 Å². The molecule has 212 valence electrons. The fourth-order valence-electron chi connectivity index (χ4n) is 6.61. The van der Waals surface area contributed by atoms with Crippen molar-refractivity contribution in [3.63, 3.8) is 0 Å². The molecule has 3 aromatic heterocycles. The number of para-hydroxylation sites is 1. The first-order valence-corrected chi connectivity index (χ1v) is 16.1. The van der Waals surface area contributed by atoms with E-state index in [2.05, 4.69) is 151 Å². The van der Waals surface area contributed by atoms with Crippen LogP contribution in [0.1, 0.15) is 37.6 Å². The van der Waals surface area contributed by atoms with Gasteiger partial charge in [0.15, 0.2) is 0 Å². The van der Waals surface area contributed by atoms with E-state index in [1.165, 1.54) is 53.1 Å². The number of fused-ring (bicyclic) bond motifs is 7. The van der Waals surface area contributed by atoms with Crippen molar-refractivity contribution in [1.29, 1.82) is 0 Å². The van der Waals surface area contributed by atoms with Crippen molar-refractivity contribution in [2.24, 2.45) is 0 Å². The quantitative estimate of drug-likeness (QED) is 0.184. The third kappa shape index (κ3) is 4.44. The average molecular weight is 585 g/mol. The van der Waals surface area contributed by atoms with Gasteiger partial charge in [0.25, 0.3) is 0 Å². The number of pyridine rings is 1. The van der Waals surface area contributed by atoms with Crippen molar-refractivity contribution in [2.75, 3.05) is 0 Å². The topological polar surface area (TPSA) is 17.8 Å². The number of thiophene rings is 1. The molecule has 8 rings (SSSR count). The molecule has 2 nitrogen and oxygen atoms in total. The summed E-state index contributed by atoms with van der Waals surface area (Å²) in [5.41, 5.74) is 9.29. The van der Waals surface area contributed by atoms with Crippen LogP contribution >= 0.6 is 11.3 Å². The van der Waals surface area contributed by atoms with Crippen LogP contribution in [0.25, 0.3) is 64.4 Å². The van der Waals surface area contributed by atoms with Gasteiger partial charge in [0.2, 0.25) is 0 Å². The van der Waals surface area contributed by atoms with Crippen LogP contribution in [0, 0.1) is 0 Å². The first-order chi connectivity index (χ1) is 21.7. The first-order valence-electron chi connectivity index (χ1n) is 15.3. The molecule has 1 aliphatic rings. The van der Waals surface area contributed by atoms with Gasteiger partial charge in [-0.15, -0.1) is 11.3 Å². The highest BCUT2D eigenvalue weighted by molar-refractivity contribution is 7.26. The molecular weight excluding hydrogens is 553 g/mol. The smallest absolute Gasteiger partial charge is 0.0668 e. The highest BCUT2D eigenvalue weighted by atomic mass is 32.1. The molecule has 3 heterocycles. The van der Waals surface area contributed by atoms with Gasteiger partial charge < -0.3 is 4.57 Å². The lowest BCUT2D eigenvalue weighted by molar-refractivity contribution is 0.814. The molecule has 7 aromatic rings. The van der Waals surface area contributed by atoms with Crippen LogP contribution in [-0.4, -0.2) is 9.55 Å². The normalized spacial score (nSPS) is 15.5. The van der Waals surface area contributed by atoms with E-state index >= 15 is 0 Å². The summed E-state index contributed by atoms with van der Waals surface area (Å²) < 4.78 is 5.11. The zero-order valence-electron chi connectivity index (χ0n) is 24.9. The number of hydrogen-bond acceptors (Lipinski definition) is 2. The molecule has 0 bridgehead atoms. The van der Waals surface area contributed by atoms with Crippen molar-refractivity contribution < 1.29 is 0 Å². The van der Waals surface area contributed by atoms with Gasteiger partial charge in [-0.3, -0.25) is 4.98 Å². The molecule has 4 aromatic carbocycles. The molecule has 1 unspecified atom stereocenters. The van der Waals surface area contributed by atoms with E-state index in [-0.39, 0.29) is 5.92 Å². The maximum atomic E-state index is 5.15. The first kappa shape index (κ1) is 26.6. The van der Waals surface area contributed by atoms with Gasteiger partial charge in [0, 0.05) is 48.2 Å². The summed E-state index contributed by atoms with van der Waals surface area (Å²) in [4.78, 5) is 5.15. The molecule has 0 saturated carbocycles. The Labute approximate surface area is 261 Å². The average Bonchev–Trinajstić information content (AvgIpc) is 3.63. The van der Waals surface area contributed by atoms with E-state index in [0.717, 1.165) is 29.1 Å². The third-order valence-corrected chi connectivity index (χ3v) is 9.90. The largest absolute Gasteiger partial charge is 0.309 e. The summed E-state index contributed by atoms with van der Waals surface area (Å²) in [7, 11) is 0. The van der Waals surface area contributed by atoms with Crippen LogP contribution < -0.4 is 0 Å². The lowest BCUT2D eigenvalue weighted by atomic mass is 9.93. The molecule has 0 aliphatic heterocycles. The minimum atomic E-state index is 0.275. The summed E-state index contributed by atoms with van der Waals surface area (Å²) >= 11 is 1.88. The Hall–Kier alpha value is -4.99. The predicted molar refractivity (Wildman–Crippen MR) is 191 cm³/mol. The summed E-state index contributed by atoms with van der Waals surface area (Å²) in [6.45, 7) is 4.19. The summed E-state index contributed by atoms with van der Waals surface area (Å²) in [5.74, 6) is 0.275. The third-order valence-electron chi connectivity index (χ3n) is 8.76. The second-order valence-electron chi connectivity index (χ2n) is 11.5. The molecule has 0 N–H and O–H groups in total. The van der Waals surface area contributed by atoms with E-state index in [0.29, 0.717) is 0 Å². The van der Waals surface area contributed by atoms with E-state index in [9.17, 15) is 0 Å². The van der Waals surface area contributed by atoms with Gasteiger partial charge in [-0.05, 0) is 85.5 Å². The van der Waals surface area contributed by atoms with E-state index < -0.39 is 0 Å². The molecule has 44 heavy (non-hydrogen) atoms. The van der Waals surface area contributed by atoms with Crippen LogP contribution in [0.2, 0.25) is 0 Å². The Kier molecular flexibility index (Phi) is 6.61. The maximum absolute atomic E-state index is 5.15. The molecule has 0 saturated heterocycles. The molecule has 0 fully saturated rings. The number of nitrogens with zero attached hydrogens (tertiary/aromatic N) is 2. The Morgan fingerprint density at radius 3 is 2.52 bits per heavy atom. The number of hydrogen-bond donors (Lipinski definition) is 0. The number of allylic oxidation sites excluding steroid dienone is 8. The lowest BCUT2D eigenvalue weighted by Gasteiger charge is -2.17. The SMILES string of the molecule is CC=CC=C(C)c1cc(-c2cccc(-n3c4ccccc4c4c5c(ccc43)sc3ccccc35)c2)cc(C2C=CC=CC2)n1. The molecule has 1 atom stereocenters. The van der Waals surface area contributed by atoms with Gasteiger partial charge in [-0.1, -0.05) is 91.1 Å². The van der Waals surface area contributed by atoms with Gasteiger partial charge in [-0.25, -0.2) is 0 Å². The molecule has 0 spiro atoms. The van der Waals surface area contributed by atoms with E-state index in [1.54, 1.807) is 0 Å². The summed E-state index contributed by atoms with van der Waals surface area (Å²) in [6.07, 6.45) is 16.0. The van der Waals surface area contributed by atoms with Crippen molar-refractivity contribution in [3.8, 4) is 16.8 Å². The Morgan fingerprint density at radius 2 is 1.66 bits per heavy atom. The number of aromatic nitrogens is 2. The van der Waals surface area contributed by atoms with Gasteiger partial charge in [0.1, 0.15) is 0 Å². The zero-order valence-corrected chi connectivity index (χ0v) is 25.7. The Balaban J connectivity index is 1.34. The van der Waals surface area contributed by atoms with E-state index in [4.69, 9.17) is 4.98 Å². The van der Waals surface area contributed by atoms with Crippen LogP contribution in [0.4, 0.5) is 0 Å². The van der Waals surface area contributed by atoms with Crippen LogP contribution in [0.3, 0.4) is 0 Å². The monoisotopic (exact) mass is 584 g/mol. The second kappa shape index (κ2) is 10.9. The second-order valence-corrected chi connectivity index (χ2v) is 12.6. The molecule has 0 radical (unpaired) electrons. The van der Waals surface area contributed by atoms with Gasteiger partial charge >= 0.3 is 0 Å². The minimum Gasteiger partial charge on any atom is -0.309 e. The van der Waals surface area contributed by atoms with Crippen LogP contribution in [-0.2, 0) is 0 Å². The minimum absolute atomic E-state index is 0.275. The fraction of sp³-hybridized carbons (Fsp3) is 0.0976. The predicted octanol–water partition coefficient (Wildman–Crippen LogP) is 11.8. The maximum Gasteiger partial charge on any atom is 0.0668 e. The lowest BCUT2D eigenvalue weighted by Crippen LogP contribution is -2.03. The van der Waals surface area contributed by atoms with Crippen LogP contribution in [0.15, 0.2) is 140 Å². The number of rotatable bonds is 5. The number of benzene rings is 4. The van der Waals surface area contributed by atoms with E-state index in [1.807, 2.05) is 18.3 Å². The standard InChI is InChI=1S/C41H32N2S/c1-3-4-13-27(2)34-25-30(26-35(42-34)28-14-6-5-7-15-28)29-16-12-17-31(24-29)43-36-20-10-8-18-32(36)40-37(43)22-23-39-41(40)33-19-9-11-21-38(33)44-39/h3-14,16-26,28H,15H2,1-2H3. The zero-order chi connectivity index (χ0) is 29.6.